The second kappa shape index (κ2) is 8.35. The van der Waals surface area contributed by atoms with Crippen LogP contribution in [0.25, 0.3) is 10.6 Å². The van der Waals surface area contributed by atoms with Crippen LogP contribution in [0.3, 0.4) is 0 Å². The molecule has 6 nitrogen and oxygen atoms in total. The lowest BCUT2D eigenvalue weighted by molar-refractivity contribution is -0.885. The van der Waals surface area contributed by atoms with Crippen LogP contribution in [0.2, 0.25) is 5.02 Å². The number of benzene rings is 1. The maximum atomic E-state index is 12.3. The highest BCUT2D eigenvalue weighted by Crippen LogP contribution is 2.27. The van der Waals surface area contributed by atoms with Gasteiger partial charge >= 0.3 is 0 Å². The molecule has 136 valence electrons. The van der Waals surface area contributed by atoms with Gasteiger partial charge in [-0.05, 0) is 29.6 Å². The van der Waals surface area contributed by atoms with E-state index in [0.717, 1.165) is 21.2 Å². The Hall–Kier alpha value is -2.35. The summed E-state index contributed by atoms with van der Waals surface area (Å²) in [6.07, 6.45) is 0. The number of carbonyl (C=O) groups excluding carboxylic acids is 1. The fourth-order valence-corrected chi connectivity index (χ4v) is 3.39. The van der Waals surface area contributed by atoms with E-state index >= 15 is 0 Å². The molecule has 2 N–H and O–H groups in total. The van der Waals surface area contributed by atoms with Crippen LogP contribution in [0.1, 0.15) is 5.69 Å². The van der Waals surface area contributed by atoms with E-state index in [-0.39, 0.29) is 12.5 Å². The van der Waals surface area contributed by atoms with Crippen molar-refractivity contribution in [3.8, 4) is 16.4 Å². The third-order valence-corrected chi connectivity index (χ3v) is 4.82. The van der Waals surface area contributed by atoms with Gasteiger partial charge in [0.15, 0.2) is 12.3 Å². The third kappa shape index (κ3) is 4.63. The number of rotatable bonds is 7. The largest absolute Gasteiger partial charge is 0.495 e. The highest BCUT2D eigenvalue weighted by molar-refractivity contribution is 7.13. The normalized spacial score (nSPS) is 12.0. The highest BCUT2D eigenvalue weighted by atomic mass is 35.5. The summed E-state index contributed by atoms with van der Waals surface area (Å²) in [7, 11) is 3.47. The molecule has 0 aliphatic rings. The number of likely N-dealkylation sites (N-methyl/N-ethyl adjacent to an activating group) is 1. The van der Waals surface area contributed by atoms with Gasteiger partial charge in [-0.1, -0.05) is 22.8 Å². The van der Waals surface area contributed by atoms with Crippen molar-refractivity contribution < 1.29 is 19.0 Å². The zero-order valence-corrected chi connectivity index (χ0v) is 16.0. The van der Waals surface area contributed by atoms with Gasteiger partial charge in [0.05, 0.1) is 24.7 Å². The number of methoxy groups -OCH3 is 1. The van der Waals surface area contributed by atoms with Crippen LogP contribution in [0.15, 0.2) is 46.3 Å². The van der Waals surface area contributed by atoms with Crippen molar-refractivity contribution in [2.24, 2.45) is 0 Å². The maximum absolute atomic E-state index is 12.3. The lowest BCUT2D eigenvalue weighted by Gasteiger charge is -2.14. The van der Waals surface area contributed by atoms with Gasteiger partial charge < -0.3 is 19.5 Å². The lowest BCUT2D eigenvalue weighted by Crippen LogP contribution is -3.08. The third-order valence-electron chi connectivity index (χ3n) is 3.70. The van der Waals surface area contributed by atoms with Crippen molar-refractivity contribution >= 4 is 34.5 Å². The summed E-state index contributed by atoms with van der Waals surface area (Å²) < 4.78 is 10.6. The summed E-state index contributed by atoms with van der Waals surface area (Å²) in [5.41, 5.74) is 1.36. The van der Waals surface area contributed by atoms with Crippen LogP contribution in [0, 0.1) is 0 Å². The van der Waals surface area contributed by atoms with Gasteiger partial charge in [-0.2, -0.15) is 0 Å². The summed E-state index contributed by atoms with van der Waals surface area (Å²) in [4.78, 5) is 14.3. The molecule has 26 heavy (non-hydrogen) atoms. The van der Waals surface area contributed by atoms with Gasteiger partial charge in [-0.25, -0.2) is 0 Å². The Morgan fingerprint density at radius 1 is 1.38 bits per heavy atom. The molecule has 1 aromatic carbocycles. The number of halogens is 1. The zero-order valence-electron chi connectivity index (χ0n) is 14.4. The first-order valence-corrected chi connectivity index (χ1v) is 9.25. The van der Waals surface area contributed by atoms with Crippen LogP contribution in [-0.2, 0) is 11.3 Å². The van der Waals surface area contributed by atoms with Crippen LogP contribution >= 0.6 is 22.9 Å². The maximum Gasteiger partial charge on any atom is 0.279 e. The predicted molar refractivity (Wildman–Crippen MR) is 102 cm³/mol. The van der Waals surface area contributed by atoms with Crippen LogP contribution in [-0.4, -0.2) is 31.8 Å². The summed E-state index contributed by atoms with van der Waals surface area (Å²) in [6, 6.07) is 11.0. The predicted octanol–water partition coefficient (Wildman–Crippen LogP) is 2.72. The zero-order chi connectivity index (χ0) is 18.5. The van der Waals surface area contributed by atoms with Crippen molar-refractivity contribution in [1.29, 1.82) is 0 Å². The smallest absolute Gasteiger partial charge is 0.279 e. The number of ether oxygens (including phenoxy) is 1. The molecular formula is C18H19ClN3O3S+. The molecule has 0 saturated carbocycles. The molecule has 0 fully saturated rings. The molecule has 2 aromatic heterocycles. The number of nitrogens with zero attached hydrogens (tertiary/aromatic N) is 1. The van der Waals surface area contributed by atoms with Gasteiger partial charge in [0.2, 0.25) is 0 Å². The standard InChI is InChI=1S/C18H18ClN3O3S/c1-22(10-13-9-16(25-21-13)17-4-3-7-26-17)11-18(23)20-14-8-12(19)5-6-15(14)24-2/h3-9H,10-11H2,1-2H3,(H,20,23)/p+1. The molecule has 2 heterocycles. The minimum absolute atomic E-state index is 0.134. The van der Waals surface area contributed by atoms with E-state index in [0.29, 0.717) is 23.0 Å². The van der Waals surface area contributed by atoms with Crippen molar-refractivity contribution in [1.82, 2.24) is 5.16 Å². The molecule has 1 atom stereocenters. The summed E-state index contributed by atoms with van der Waals surface area (Å²) >= 11 is 7.58. The number of anilines is 1. The lowest BCUT2D eigenvalue weighted by atomic mass is 10.3. The second-order valence-corrected chi connectivity index (χ2v) is 7.25. The van der Waals surface area contributed by atoms with Crippen molar-refractivity contribution in [3.63, 3.8) is 0 Å². The monoisotopic (exact) mass is 392 g/mol. The average molecular weight is 393 g/mol. The first kappa shape index (κ1) is 18.4. The minimum atomic E-state index is -0.134. The Labute approximate surface area is 160 Å². The van der Waals surface area contributed by atoms with E-state index in [9.17, 15) is 4.79 Å². The molecule has 0 aliphatic heterocycles. The number of aromatic nitrogens is 1. The van der Waals surface area contributed by atoms with E-state index in [1.165, 1.54) is 0 Å². The SMILES string of the molecule is COc1ccc(Cl)cc1NC(=O)C[NH+](C)Cc1cc(-c2cccs2)on1. The summed E-state index contributed by atoms with van der Waals surface area (Å²) in [5.74, 6) is 1.18. The quantitative estimate of drug-likeness (QED) is 0.648. The van der Waals surface area contributed by atoms with Crippen molar-refractivity contribution in [3.05, 3.63) is 52.5 Å². The number of hydrogen-bond acceptors (Lipinski definition) is 5. The molecule has 0 radical (unpaired) electrons. The fraction of sp³-hybridized carbons (Fsp3) is 0.222. The van der Waals surface area contributed by atoms with E-state index < -0.39 is 0 Å². The summed E-state index contributed by atoms with van der Waals surface area (Å²) in [6.45, 7) is 0.853. The first-order valence-electron chi connectivity index (χ1n) is 7.99. The van der Waals surface area contributed by atoms with Crippen LogP contribution < -0.4 is 15.0 Å². The molecule has 0 saturated heterocycles. The molecule has 0 spiro atoms. The van der Waals surface area contributed by atoms with Gasteiger partial charge in [0, 0.05) is 11.1 Å². The van der Waals surface area contributed by atoms with E-state index in [1.54, 1.807) is 36.6 Å². The Kier molecular flexibility index (Phi) is 5.92. The number of thiophene rings is 1. The van der Waals surface area contributed by atoms with E-state index in [1.807, 2.05) is 30.6 Å². The molecule has 8 heteroatoms. The van der Waals surface area contributed by atoms with Crippen LogP contribution in [0.5, 0.6) is 5.75 Å². The van der Waals surface area contributed by atoms with Gasteiger partial charge in [0.1, 0.15) is 18.0 Å². The van der Waals surface area contributed by atoms with Crippen molar-refractivity contribution in [2.75, 3.05) is 26.0 Å². The molecule has 0 bridgehead atoms. The van der Waals surface area contributed by atoms with Gasteiger partial charge in [-0.15, -0.1) is 11.3 Å². The molecule has 3 aromatic rings. The fourth-order valence-electron chi connectivity index (χ4n) is 2.55. The second-order valence-electron chi connectivity index (χ2n) is 5.86. The molecular weight excluding hydrogens is 374 g/mol. The Morgan fingerprint density at radius 3 is 2.96 bits per heavy atom. The number of quaternary nitrogens is 1. The van der Waals surface area contributed by atoms with Crippen molar-refractivity contribution in [2.45, 2.75) is 6.54 Å². The van der Waals surface area contributed by atoms with Gasteiger partial charge in [0.25, 0.3) is 5.91 Å². The molecule has 1 unspecified atom stereocenters. The number of carbonyl (C=O) groups is 1. The first-order chi connectivity index (χ1) is 12.5. The van der Waals surface area contributed by atoms with Gasteiger partial charge in [-0.3, -0.25) is 4.79 Å². The Bertz CT molecular complexity index is 880. The molecule has 3 rings (SSSR count). The minimum Gasteiger partial charge on any atom is -0.495 e. The number of nitrogens with one attached hydrogen (secondary N) is 2. The Balaban J connectivity index is 1.57. The number of amides is 1. The molecule has 1 amide bonds. The van der Waals surface area contributed by atoms with E-state index in [4.69, 9.17) is 20.9 Å². The van der Waals surface area contributed by atoms with Crippen LogP contribution in [0.4, 0.5) is 5.69 Å². The molecule has 0 aliphatic carbocycles. The topological polar surface area (TPSA) is 68.8 Å². The number of hydrogen-bond donors (Lipinski definition) is 2. The highest BCUT2D eigenvalue weighted by Gasteiger charge is 2.16. The van der Waals surface area contributed by atoms with E-state index in [2.05, 4.69) is 10.5 Å². The Morgan fingerprint density at radius 2 is 2.23 bits per heavy atom. The average Bonchev–Trinajstić information content (AvgIpc) is 3.26. The summed E-state index contributed by atoms with van der Waals surface area (Å²) in [5, 5.41) is 9.44.